The van der Waals surface area contributed by atoms with Crippen LogP contribution >= 0.6 is 0 Å². The van der Waals surface area contributed by atoms with Gasteiger partial charge in [-0.05, 0) is 12.8 Å². The van der Waals surface area contributed by atoms with E-state index in [0.29, 0.717) is 5.57 Å². The van der Waals surface area contributed by atoms with E-state index in [1.54, 1.807) is 0 Å². The van der Waals surface area contributed by atoms with Crippen molar-refractivity contribution in [2.24, 2.45) is 5.41 Å². The summed E-state index contributed by atoms with van der Waals surface area (Å²) in [5.74, 6) is 0.0926. The van der Waals surface area contributed by atoms with Gasteiger partial charge >= 0.3 is 0 Å². The van der Waals surface area contributed by atoms with E-state index in [2.05, 4.69) is 0 Å². The summed E-state index contributed by atoms with van der Waals surface area (Å²) in [5, 5.41) is 8.59. The number of carbonyl (C=O) groups is 1. The van der Waals surface area contributed by atoms with Gasteiger partial charge in [0.05, 0.1) is 6.26 Å². The Balaban J connectivity index is 2.88. The molecule has 10 heavy (non-hydrogen) atoms. The molecule has 1 aliphatic rings. The largest absolute Gasteiger partial charge is 0.515 e. The molecule has 1 aliphatic carbocycles. The molecule has 0 aromatic heterocycles. The Hall–Kier alpha value is -0.790. The fourth-order valence-corrected chi connectivity index (χ4v) is 1.23. The highest BCUT2D eigenvalue weighted by Gasteiger charge is 2.36. The number of aliphatic hydroxyl groups excluding tert-OH is 1. The van der Waals surface area contributed by atoms with Gasteiger partial charge in [0.1, 0.15) is 0 Å². The van der Waals surface area contributed by atoms with Crippen LogP contribution in [-0.2, 0) is 4.79 Å². The van der Waals surface area contributed by atoms with Gasteiger partial charge < -0.3 is 5.11 Å². The third-order valence-corrected chi connectivity index (χ3v) is 2.08. The van der Waals surface area contributed by atoms with Gasteiger partial charge in [-0.25, -0.2) is 0 Å². The highest BCUT2D eigenvalue weighted by atomic mass is 16.2. The Labute approximate surface area is 60.6 Å². The summed E-state index contributed by atoms with van der Waals surface area (Å²) in [6.45, 7) is 3.82. The Morgan fingerprint density at radius 3 is 2.40 bits per heavy atom. The molecule has 0 amide bonds. The number of ketones is 1. The second-order valence-electron chi connectivity index (χ2n) is 3.37. The van der Waals surface area contributed by atoms with Gasteiger partial charge in [0, 0.05) is 11.0 Å². The average Bonchev–Trinajstić information content (AvgIpc) is 2.10. The van der Waals surface area contributed by atoms with Gasteiger partial charge in [-0.1, -0.05) is 13.8 Å². The van der Waals surface area contributed by atoms with Gasteiger partial charge in [-0.15, -0.1) is 0 Å². The van der Waals surface area contributed by atoms with Crippen molar-refractivity contribution in [3.05, 3.63) is 11.8 Å². The van der Waals surface area contributed by atoms with Crippen molar-refractivity contribution in [1.29, 1.82) is 0 Å². The second-order valence-corrected chi connectivity index (χ2v) is 3.37. The van der Waals surface area contributed by atoms with Crippen LogP contribution in [0.2, 0.25) is 0 Å². The summed E-state index contributed by atoms with van der Waals surface area (Å²) in [5.41, 5.74) is 0.333. The summed E-state index contributed by atoms with van der Waals surface area (Å²) < 4.78 is 0. The van der Waals surface area contributed by atoms with Crippen LogP contribution in [0.25, 0.3) is 0 Å². The number of allylic oxidation sites excluding steroid dienone is 1. The number of carbonyl (C=O) groups excluding carboxylic acids is 1. The highest BCUT2D eigenvalue weighted by Crippen LogP contribution is 2.36. The lowest BCUT2D eigenvalue weighted by Gasteiger charge is -2.12. The first-order chi connectivity index (χ1) is 4.58. The van der Waals surface area contributed by atoms with Crippen LogP contribution in [0.3, 0.4) is 0 Å². The zero-order valence-electron chi connectivity index (χ0n) is 6.35. The first kappa shape index (κ1) is 7.32. The van der Waals surface area contributed by atoms with Crippen LogP contribution in [0.5, 0.6) is 0 Å². The van der Waals surface area contributed by atoms with E-state index in [9.17, 15) is 4.79 Å². The first-order valence-corrected chi connectivity index (χ1v) is 3.46. The molecule has 0 aromatic rings. The van der Waals surface area contributed by atoms with Gasteiger partial charge in [-0.3, -0.25) is 4.79 Å². The van der Waals surface area contributed by atoms with Crippen LogP contribution < -0.4 is 0 Å². The summed E-state index contributed by atoms with van der Waals surface area (Å²) in [4.78, 5) is 11.2. The zero-order valence-corrected chi connectivity index (χ0v) is 6.35. The molecule has 2 heteroatoms. The molecule has 0 spiro atoms. The third kappa shape index (κ3) is 0.939. The van der Waals surface area contributed by atoms with E-state index in [1.807, 2.05) is 13.8 Å². The quantitative estimate of drug-likeness (QED) is 0.411. The molecule has 0 bridgehead atoms. The normalized spacial score (nSPS) is 27.8. The molecule has 1 rings (SSSR count). The lowest BCUT2D eigenvalue weighted by Crippen LogP contribution is -2.17. The van der Waals surface area contributed by atoms with Gasteiger partial charge in [0.15, 0.2) is 5.78 Å². The number of rotatable bonds is 0. The smallest absolute Gasteiger partial charge is 0.167 e. The minimum atomic E-state index is -0.242. The molecule has 0 saturated heterocycles. The van der Waals surface area contributed by atoms with Crippen molar-refractivity contribution in [3.8, 4) is 0 Å². The number of hydrogen-bond acceptors (Lipinski definition) is 2. The molecule has 1 N–H and O–H groups in total. The summed E-state index contributed by atoms with van der Waals surface area (Å²) >= 11 is 0. The molecule has 0 heterocycles. The third-order valence-electron chi connectivity index (χ3n) is 2.08. The predicted octanol–water partition coefficient (Wildman–Crippen LogP) is 1.82. The van der Waals surface area contributed by atoms with Crippen molar-refractivity contribution in [2.75, 3.05) is 0 Å². The fraction of sp³-hybridized carbons (Fsp3) is 0.625. The van der Waals surface area contributed by atoms with E-state index in [1.165, 1.54) is 0 Å². The van der Waals surface area contributed by atoms with Crippen LogP contribution in [0.1, 0.15) is 26.7 Å². The van der Waals surface area contributed by atoms with E-state index in [4.69, 9.17) is 5.11 Å². The monoisotopic (exact) mass is 140 g/mol. The topological polar surface area (TPSA) is 37.3 Å². The molecule has 0 aliphatic heterocycles. The van der Waals surface area contributed by atoms with Crippen molar-refractivity contribution >= 4 is 5.78 Å². The molecule has 2 nitrogen and oxygen atoms in total. The number of Topliss-reactive ketones (excluding diaryl/α,β-unsaturated/α-hetero) is 1. The van der Waals surface area contributed by atoms with Crippen LogP contribution in [-0.4, -0.2) is 10.9 Å². The van der Waals surface area contributed by atoms with Crippen LogP contribution in [0.4, 0.5) is 0 Å². The van der Waals surface area contributed by atoms with Gasteiger partial charge in [0.25, 0.3) is 0 Å². The van der Waals surface area contributed by atoms with E-state index in [0.717, 1.165) is 19.1 Å². The Bertz CT molecular complexity index is 189. The molecule has 56 valence electrons. The SMILES string of the molecule is CC1(C)CC/C(=C/O)C1=O. The minimum Gasteiger partial charge on any atom is -0.515 e. The lowest BCUT2D eigenvalue weighted by atomic mass is 9.90. The maximum absolute atomic E-state index is 11.2. The summed E-state index contributed by atoms with van der Waals surface area (Å²) in [6.07, 6.45) is 2.53. The molecule has 1 fully saturated rings. The Morgan fingerprint density at radius 1 is 1.60 bits per heavy atom. The number of hydrogen-bond donors (Lipinski definition) is 1. The average molecular weight is 140 g/mol. The maximum Gasteiger partial charge on any atom is 0.167 e. The predicted molar refractivity (Wildman–Crippen MR) is 38.7 cm³/mol. The molecular formula is C8H12O2. The Morgan fingerprint density at radius 2 is 2.20 bits per heavy atom. The van der Waals surface area contributed by atoms with Crippen molar-refractivity contribution in [2.45, 2.75) is 26.7 Å². The first-order valence-electron chi connectivity index (χ1n) is 3.46. The van der Waals surface area contributed by atoms with Crippen LogP contribution in [0, 0.1) is 5.41 Å². The fourth-order valence-electron chi connectivity index (χ4n) is 1.23. The minimum absolute atomic E-state index is 0.0926. The molecular weight excluding hydrogens is 128 g/mol. The van der Waals surface area contributed by atoms with Gasteiger partial charge in [0.2, 0.25) is 0 Å². The van der Waals surface area contributed by atoms with E-state index in [-0.39, 0.29) is 11.2 Å². The second kappa shape index (κ2) is 2.11. The molecule has 0 unspecified atom stereocenters. The maximum atomic E-state index is 11.2. The summed E-state index contributed by atoms with van der Waals surface area (Å²) in [7, 11) is 0. The number of aliphatic hydroxyl groups is 1. The molecule has 1 saturated carbocycles. The van der Waals surface area contributed by atoms with E-state index < -0.39 is 0 Å². The standard InChI is InChI=1S/C8H12O2/c1-8(2)4-3-6(5-9)7(8)10/h5,9H,3-4H2,1-2H3/b6-5-. The van der Waals surface area contributed by atoms with E-state index >= 15 is 0 Å². The zero-order chi connectivity index (χ0) is 7.78. The molecule has 0 atom stereocenters. The lowest BCUT2D eigenvalue weighted by molar-refractivity contribution is -0.121. The van der Waals surface area contributed by atoms with Crippen molar-refractivity contribution < 1.29 is 9.90 Å². The van der Waals surface area contributed by atoms with Crippen molar-refractivity contribution in [3.63, 3.8) is 0 Å². The summed E-state index contributed by atoms with van der Waals surface area (Å²) in [6, 6.07) is 0. The van der Waals surface area contributed by atoms with Crippen LogP contribution in [0.15, 0.2) is 11.8 Å². The Kier molecular flexibility index (Phi) is 1.55. The molecule has 0 radical (unpaired) electrons. The molecule has 0 aromatic carbocycles. The van der Waals surface area contributed by atoms with Gasteiger partial charge in [-0.2, -0.15) is 0 Å². The highest BCUT2D eigenvalue weighted by molar-refractivity contribution is 6.01. The van der Waals surface area contributed by atoms with Crippen molar-refractivity contribution in [1.82, 2.24) is 0 Å².